The first kappa shape index (κ1) is 20.2. The van der Waals surface area contributed by atoms with E-state index in [9.17, 15) is 4.79 Å². The molecule has 1 N–H and O–H groups in total. The third-order valence-electron chi connectivity index (χ3n) is 6.34. The zero-order chi connectivity index (χ0) is 22.0. The highest BCUT2D eigenvalue weighted by Crippen LogP contribution is 2.51. The highest BCUT2D eigenvalue weighted by molar-refractivity contribution is 5.83. The normalized spacial score (nSPS) is 14.3. The summed E-state index contributed by atoms with van der Waals surface area (Å²) in [6, 6.07) is 34.9. The smallest absolute Gasteiger partial charge is 0.137 e. The Morgan fingerprint density at radius 3 is 1.91 bits per heavy atom. The van der Waals surface area contributed by atoms with Crippen LogP contribution in [-0.4, -0.2) is 19.4 Å². The fraction of sp³-hybridized carbons (Fsp3) is 0.138. The van der Waals surface area contributed by atoms with Crippen molar-refractivity contribution in [2.45, 2.75) is 18.0 Å². The van der Waals surface area contributed by atoms with E-state index in [-0.39, 0.29) is 6.04 Å². The minimum absolute atomic E-state index is 0.372. The first-order valence-electron chi connectivity index (χ1n) is 10.9. The fourth-order valence-electron chi connectivity index (χ4n) is 4.90. The molecule has 4 aromatic rings. The van der Waals surface area contributed by atoms with Crippen LogP contribution in [0.15, 0.2) is 103 Å². The van der Waals surface area contributed by atoms with Gasteiger partial charge in [-0.25, -0.2) is 0 Å². The molecule has 0 unspecified atom stereocenters. The second-order valence-electron chi connectivity index (χ2n) is 8.15. The predicted molar refractivity (Wildman–Crippen MR) is 128 cm³/mol. The fourth-order valence-corrected chi connectivity index (χ4v) is 4.90. The first-order valence-corrected chi connectivity index (χ1v) is 10.9. The molecule has 0 radical (unpaired) electrons. The van der Waals surface area contributed by atoms with Gasteiger partial charge in [-0.3, -0.25) is 5.32 Å². The van der Waals surface area contributed by atoms with E-state index in [2.05, 4.69) is 78.1 Å². The quantitative estimate of drug-likeness (QED) is 0.410. The Kier molecular flexibility index (Phi) is 5.34. The van der Waals surface area contributed by atoms with E-state index in [0.29, 0.717) is 6.42 Å². The van der Waals surface area contributed by atoms with Crippen molar-refractivity contribution < 1.29 is 9.53 Å². The number of fused-ring (bicyclic) bond motifs is 3. The number of methoxy groups -OCH3 is 1. The van der Waals surface area contributed by atoms with Gasteiger partial charge in [0.25, 0.3) is 0 Å². The van der Waals surface area contributed by atoms with Crippen molar-refractivity contribution >= 4 is 6.29 Å². The Morgan fingerprint density at radius 1 is 0.781 bits per heavy atom. The molecule has 1 atom stereocenters. The largest absolute Gasteiger partial charge is 0.497 e. The van der Waals surface area contributed by atoms with E-state index in [0.717, 1.165) is 23.2 Å². The number of nitrogens with one attached hydrogen (secondary N) is 1. The number of aldehydes is 1. The van der Waals surface area contributed by atoms with Crippen LogP contribution in [0.3, 0.4) is 0 Å². The summed E-state index contributed by atoms with van der Waals surface area (Å²) in [6.45, 7) is 0. The van der Waals surface area contributed by atoms with Gasteiger partial charge in [-0.2, -0.15) is 0 Å². The van der Waals surface area contributed by atoms with Crippen LogP contribution in [0.5, 0.6) is 5.75 Å². The number of rotatable bonds is 7. The molecule has 158 valence electrons. The second-order valence-corrected chi connectivity index (χ2v) is 8.15. The molecule has 4 aromatic carbocycles. The van der Waals surface area contributed by atoms with E-state index >= 15 is 0 Å². The van der Waals surface area contributed by atoms with Gasteiger partial charge in [0.1, 0.15) is 12.0 Å². The van der Waals surface area contributed by atoms with Gasteiger partial charge in [0.2, 0.25) is 0 Å². The average Bonchev–Trinajstić information content (AvgIpc) is 3.15. The molecule has 32 heavy (non-hydrogen) atoms. The van der Waals surface area contributed by atoms with Gasteiger partial charge in [0.05, 0.1) is 18.7 Å². The molecule has 1 aliphatic rings. The molecular formula is C29H25NO2. The Bertz CT molecular complexity index is 1190. The number of carbonyl (C=O) groups is 1. The highest BCUT2D eigenvalue weighted by atomic mass is 16.5. The number of hydrogen-bond acceptors (Lipinski definition) is 3. The summed E-state index contributed by atoms with van der Waals surface area (Å²) >= 11 is 0. The van der Waals surface area contributed by atoms with E-state index in [4.69, 9.17) is 4.74 Å². The molecule has 0 heterocycles. The molecule has 0 aliphatic heterocycles. The average molecular weight is 420 g/mol. The number of benzene rings is 4. The number of ether oxygens (including phenoxy) is 1. The minimum Gasteiger partial charge on any atom is -0.497 e. The topological polar surface area (TPSA) is 38.3 Å². The third kappa shape index (κ3) is 3.31. The van der Waals surface area contributed by atoms with Crippen LogP contribution in [0.1, 0.15) is 22.3 Å². The molecule has 0 amide bonds. The Balaban J connectivity index is 1.63. The number of hydrogen-bond donors (Lipinski definition) is 1. The van der Waals surface area contributed by atoms with Crippen LogP contribution >= 0.6 is 0 Å². The van der Waals surface area contributed by atoms with Gasteiger partial charge in [-0.15, -0.1) is 0 Å². The minimum atomic E-state index is -0.605. The van der Waals surface area contributed by atoms with Crippen molar-refractivity contribution in [2.75, 3.05) is 7.11 Å². The van der Waals surface area contributed by atoms with Gasteiger partial charge < -0.3 is 9.53 Å². The summed E-state index contributed by atoms with van der Waals surface area (Å²) in [7, 11) is 1.66. The van der Waals surface area contributed by atoms with Crippen LogP contribution in [-0.2, 0) is 16.8 Å². The lowest BCUT2D eigenvalue weighted by Crippen LogP contribution is -2.50. The van der Waals surface area contributed by atoms with Crippen molar-refractivity contribution in [2.24, 2.45) is 0 Å². The first-order chi connectivity index (χ1) is 15.8. The van der Waals surface area contributed by atoms with Crippen molar-refractivity contribution in [3.8, 4) is 16.9 Å². The lowest BCUT2D eigenvalue weighted by molar-refractivity contribution is -0.109. The molecule has 0 fully saturated rings. The summed E-state index contributed by atoms with van der Waals surface area (Å²) in [4.78, 5) is 12.3. The van der Waals surface area contributed by atoms with E-state index in [1.54, 1.807) is 7.11 Å². The summed E-state index contributed by atoms with van der Waals surface area (Å²) in [5, 5.41) is 3.79. The maximum absolute atomic E-state index is 12.3. The summed E-state index contributed by atoms with van der Waals surface area (Å²) in [5.41, 5.74) is 6.36. The van der Waals surface area contributed by atoms with Crippen molar-refractivity contribution in [1.29, 1.82) is 0 Å². The lowest BCUT2D eigenvalue weighted by Gasteiger charge is -2.36. The molecule has 0 saturated heterocycles. The lowest BCUT2D eigenvalue weighted by atomic mass is 9.79. The molecule has 0 aromatic heterocycles. The van der Waals surface area contributed by atoms with E-state index in [1.807, 2.05) is 30.3 Å². The Hall–Kier alpha value is -3.69. The molecule has 0 bridgehead atoms. The third-order valence-corrected chi connectivity index (χ3v) is 6.34. The SMILES string of the molecule is COc1ccc(C[C@H](C=O)NC2(c3ccccc3)c3ccccc3-c3ccccc32)cc1. The molecule has 1 aliphatic carbocycles. The molecule has 0 spiro atoms. The van der Waals surface area contributed by atoms with Gasteiger partial charge in [0.15, 0.2) is 0 Å². The zero-order valence-corrected chi connectivity index (χ0v) is 18.0. The maximum Gasteiger partial charge on any atom is 0.137 e. The standard InChI is InChI=1S/C29H25NO2/c1-32-24-17-15-21(16-18-24)19-23(20-31)30-29(22-9-3-2-4-10-22)27-13-7-5-11-25(27)26-12-6-8-14-28(26)29/h2-18,20,23,30H,19H2,1H3/t23-/m1/s1. The van der Waals surface area contributed by atoms with E-state index in [1.165, 1.54) is 22.3 Å². The van der Waals surface area contributed by atoms with Gasteiger partial charge >= 0.3 is 0 Å². The summed E-state index contributed by atoms with van der Waals surface area (Å²) in [6.07, 6.45) is 1.62. The van der Waals surface area contributed by atoms with Crippen LogP contribution in [0, 0.1) is 0 Å². The zero-order valence-electron chi connectivity index (χ0n) is 18.0. The van der Waals surface area contributed by atoms with Crippen molar-refractivity contribution in [3.05, 3.63) is 125 Å². The molecular weight excluding hydrogens is 394 g/mol. The Morgan fingerprint density at radius 2 is 1.34 bits per heavy atom. The van der Waals surface area contributed by atoms with Crippen LogP contribution < -0.4 is 10.1 Å². The molecule has 3 heteroatoms. The summed E-state index contributed by atoms with van der Waals surface area (Å²) < 4.78 is 5.27. The van der Waals surface area contributed by atoms with E-state index < -0.39 is 5.54 Å². The second kappa shape index (κ2) is 8.45. The monoisotopic (exact) mass is 419 g/mol. The van der Waals surface area contributed by atoms with Crippen molar-refractivity contribution in [3.63, 3.8) is 0 Å². The van der Waals surface area contributed by atoms with Crippen LogP contribution in [0.4, 0.5) is 0 Å². The van der Waals surface area contributed by atoms with Crippen LogP contribution in [0.25, 0.3) is 11.1 Å². The number of carbonyl (C=O) groups excluding carboxylic acids is 1. The maximum atomic E-state index is 12.3. The van der Waals surface area contributed by atoms with Crippen LogP contribution in [0.2, 0.25) is 0 Å². The predicted octanol–water partition coefficient (Wildman–Crippen LogP) is 5.37. The molecule has 5 rings (SSSR count). The Labute approximate surface area is 188 Å². The molecule has 0 saturated carbocycles. The summed E-state index contributed by atoms with van der Waals surface area (Å²) in [5.74, 6) is 0.809. The van der Waals surface area contributed by atoms with Crippen molar-refractivity contribution in [1.82, 2.24) is 5.32 Å². The van der Waals surface area contributed by atoms with Gasteiger partial charge in [-0.1, -0.05) is 91.0 Å². The highest BCUT2D eigenvalue weighted by Gasteiger charge is 2.45. The van der Waals surface area contributed by atoms with Gasteiger partial charge in [-0.05, 0) is 51.9 Å². The molecule has 3 nitrogen and oxygen atoms in total. The van der Waals surface area contributed by atoms with Gasteiger partial charge in [0, 0.05) is 0 Å².